The number of aryl methyl sites for hydroxylation is 1. The molecule has 1 aromatic heterocycles. The third kappa shape index (κ3) is 4.27. The van der Waals surface area contributed by atoms with Crippen LogP contribution in [0.1, 0.15) is 38.1 Å². The molecule has 0 aliphatic rings. The van der Waals surface area contributed by atoms with E-state index in [1.54, 1.807) is 13.0 Å². The minimum absolute atomic E-state index is 0.161. The van der Waals surface area contributed by atoms with Gasteiger partial charge in [-0.3, -0.25) is 0 Å². The van der Waals surface area contributed by atoms with Crippen molar-refractivity contribution in [3.05, 3.63) is 17.5 Å². The summed E-state index contributed by atoms with van der Waals surface area (Å²) >= 11 is 0. The molecule has 1 atom stereocenters. The zero-order valence-corrected chi connectivity index (χ0v) is 11.3. The number of amides is 2. The van der Waals surface area contributed by atoms with Gasteiger partial charge in [0.05, 0.1) is 12.2 Å². The number of nitrogens with one attached hydrogen (secondary N) is 2. The van der Waals surface area contributed by atoms with Crippen molar-refractivity contribution in [2.45, 2.75) is 45.7 Å². The lowest BCUT2D eigenvalue weighted by Crippen LogP contribution is -2.55. The van der Waals surface area contributed by atoms with Crippen molar-refractivity contribution in [1.29, 1.82) is 0 Å². The number of nitrogens with zero attached hydrogens (tertiary/aromatic N) is 1. The predicted octanol–water partition coefficient (Wildman–Crippen LogP) is 1.43. The summed E-state index contributed by atoms with van der Waals surface area (Å²) in [6.07, 6.45) is 1.02. The molecule has 0 bridgehead atoms. The van der Waals surface area contributed by atoms with Crippen LogP contribution in [0.15, 0.2) is 10.6 Å². The molecule has 0 aliphatic carbocycles. The van der Waals surface area contributed by atoms with E-state index < -0.39 is 17.5 Å². The molecule has 1 rings (SSSR count). The van der Waals surface area contributed by atoms with Crippen LogP contribution in [0.5, 0.6) is 0 Å². The Balaban J connectivity index is 2.51. The lowest BCUT2D eigenvalue weighted by atomic mass is 9.97. The Morgan fingerprint density at radius 3 is 2.68 bits per heavy atom. The van der Waals surface area contributed by atoms with Gasteiger partial charge < -0.3 is 20.3 Å². The standard InChI is InChI=1S/C12H19N3O4/c1-4-5-12(3,10(16)17)14-11(18)13-7-9-6-8(2)15-19-9/h6H,4-5,7H2,1-3H3,(H,16,17)(H2,13,14,18). The third-order valence-corrected chi connectivity index (χ3v) is 2.71. The smallest absolute Gasteiger partial charge is 0.329 e. The van der Waals surface area contributed by atoms with Gasteiger partial charge in [-0.1, -0.05) is 18.5 Å². The molecule has 0 aliphatic heterocycles. The van der Waals surface area contributed by atoms with Crippen LogP contribution in [0.4, 0.5) is 4.79 Å². The van der Waals surface area contributed by atoms with Crippen LogP contribution in [-0.4, -0.2) is 27.8 Å². The molecule has 7 heteroatoms. The van der Waals surface area contributed by atoms with Crippen molar-refractivity contribution in [3.63, 3.8) is 0 Å². The summed E-state index contributed by atoms with van der Waals surface area (Å²) in [5, 5.41) is 17.8. The molecule has 7 nitrogen and oxygen atoms in total. The first-order valence-electron chi connectivity index (χ1n) is 6.09. The summed E-state index contributed by atoms with van der Waals surface area (Å²) in [4.78, 5) is 22.8. The van der Waals surface area contributed by atoms with Gasteiger partial charge in [0.15, 0.2) is 5.76 Å². The van der Waals surface area contributed by atoms with E-state index >= 15 is 0 Å². The van der Waals surface area contributed by atoms with Gasteiger partial charge in [-0.15, -0.1) is 0 Å². The monoisotopic (exact) mass is 269 g/mol. The van der Waals surface area contributed by atoms with Gasteiger partial charge >= 0.3 is 12.0 Å². The number of hydrogen-bond acceptors (Lipinski definition) is 4. The van der Waals surface area contributed by atoms with Crippen LogP contribution in [0.25, 0.3) is 0 Å². The normalized spacial score (nSPS) is 13.6. The van der Waals surface area contributed by atoms with Crippen molar-refractivity contribution >= 4 is 12.0 Å². The molecule has 2 amide bonds. The number of rotatable bonds is 6. The number of carbonyl (C=O) groups is 2. The van der Waals surface area contributed by atoms with Crippen LogP contribution in [0.2, 0.25) is 0 Å². The summed E-state index contributed by atoms with van der Waals surface area (Å²) in [7, 11) is 0. The van der Waals surface area contributed by atoms with Gasteiger partial charge in [0, 0.05) is 6.07 Å². The van der Waals surface area contributed by atoms with Gasteiger partial charge in [0.2, 0.25) is 0 Å². The van der Waals surface area contributed by atoms with Crippen LogP contribution in [0.3, 0.4) is 0 Å². The van der Waals surface area contributed by atoms with E-state index in [1.807, 2.05) is 6.92 Å². The number of hydrogen-bond donors (Lipinski definition) is 3. The van der Waals surface area contributed by atoms with Crippen molar-refractivity contribution in [3.8, 4) is 0 Å². The van der Waals surface area contributed by atoms with Gasteiger partial charge in [-0.2, -0.15) is 0 Å². The molecule has 1 heterocycles. The molecule has 1 aromatic rings. The van der Waals surface area contributed by atoms with Crippen molar-refractivity contribution in [1.82, 2.24) is 15.8 Å². The largest absolute Gasteiger partial charge is 0.480 e. The Morgan fingerprint density at radius 2 is 2.21 bits per heavy atom. The van der Waals surface area contributed by atoms with Gasteiger partial charge in [-0.25, -0.2) is 9.59 Å². The van der Waals surface area contributed by atoms with E-state index in [4.69, 9.17) is 9.63 Å². The molecule has 1 unspecified atom stereocenters. The van der Waals surface area contributed by atoms with Gasteiger partial charge in [-0.05, 0) is 20.3 Å². The average molecular weight is 269 g/mol. The highest BCUT2D eigenvalue weighted by Gasteiger charge is 2.33. The Kier molecular flexibility index (Phi) is 4.91. The summed E-state index contributed by atoms with van der Waals surface area (Å²) in [5.74, 6) is -0.542. The van der Waals surface area contributed by atoms with E-state index in [0.717, 1.165) is 5.69 Å². The Labute approximate surface area is 111 Å². The fourth-order valence-corrected chi connectivity index (χ4v) is 1.68. The molecule has 0 fully saturated rings. The highest BCUT2D eigenvalue weighted by atomic mass is 16.5. The van der Waals surface area contributed by atoms with Crippen LogP contribution < -0.4 is 10.6 Å². The maximum absolute atomic E-state index is 11.7. The third-order valence-electron chi connectivity index (χ3n) is 2.71. The summed E-state index contributed by atoms with van der Waals surface area (Å²) < 4.78 is 4.93. The van der Waals surface area contributed by atoms with Crippen LogP contribution >= 0.6 is 0 Å². The SMILES string of the molecule is CCCC(C)(NC(=O)NCc1cc(C)no1)C(=O)O. The highest BCUT2D eigenvalue weighted by Crippen LogP contribution is 2.12. The van der Waals surface area contributed by atoms with Gasteiger partial charge in [0.25, 0.3) is 0 Å². The number of urea groups is 1. The lowest BCUT2D eigenvalue weighted by molar-refractivity contribution is -0.144. The second kappa shape index (κ2) is 6.21. The molecule has 0 radical (unpaired) electrons. The number of carbonyl (C=O) groups excluding carboxylic acids is 1. The van der Waals surface area contributed by atoms with Crippen molar-refractivity contribution in [2.24, 2.45) is 0 Å². The molecular weight excluding hydrogens is 250 g/mol. The highest BCUT2D eigenvalue weighted by molar-refractivity contribution is 5.85. The molecule has 0 spiro atoms. The molecule has 0 aromatic carbocycles. The van der Waals surface area contributed by atoms with E-state index in [-0.39, 0.29) is 6.54 Å². The van der Waals surface area contributed by atoms with Crippen LogP contribution in [-0.2, 0) is 11.3 Å². The minimum atomic E-state index is -1.27. The number of carboxylic acids is 1. The maximum atomic E-state index is 11.7. The van der Waals surface area contributed by atoms with Crippen molar-refractivity contribution in [2.75, 3.05) is 0 Å². The maximum Gasteiger partial charge on any atom is 0.329 e. The van der Waals surface area contributed by atoms with E-state index in [2.05, 4.69) is 15.8 Å². The molecular formula is C12H19N3O4. The summed E-state index contributed by atoms with van der Waals surface area (Å²) in [5.41, 5.74) is -0.547. The molecule has 0 saturated heterocycles. The molecule has 0 saturated carbocycles. The number of carboxylic acid groups (broad SMARTS) is 1. The fraction of sp³-hybridized carbons (Fsp3) is 0.583. The van der Waals surface area contributed by atoms with Crippen molar-refractivity contribution < 1.29 is 19.2 Å². The zero-order valence-electron chi connectivity index (χ0n) is 11.3. The molecule has 3 N–H and O–H groups in total. The lowest BCUT2D eigenvalue weighted by Gasteiger charge is -2.25. The molecule has 106 valence electrons. The topological polar surface area (TPSA) is 104 Å². The Bertz CT molecular complexity index is 458. The van der Waals surface area contributed by atoms with Crippen LogP contribution in [0, 0.1) is 6.92 Å². The van der Waals surface area contributed by atoms with E-state index in [0.29, 0.717) is 18.6 Å². The Hall–Kier alpha value is -2.05. The molecule has 19 heavy (non-hydrogen) atoms. The summed E-state index contributed by atoms with van der Waals surface area (Å²) in [6.45, 7) is 5.28. The number of aliphatic carboxylic acids is 1. The fourth-order valence-electron chi connectivity index (χ4n) is 1.68. The first-order chi connectivity index (χ1) is 8.87. The average Bonchev–Trinajstić information content (AvgIpc) is 2.72. The predicted molar refractivity (Wildman–Crippen MR) is 67.6 cm³/mol. The summed E-state index contributed by atoms with van der Waals surface area (Å²) in [6, 6.07) is 1.15. The van der Waals surface area contributed by atoms with E-state index in [1.165, 1.54) is 6.92 Å². The minimum Gasteiger partial charge on any atom is -0.480 e. The first kappa shape index (κ1) is 15.0. The van der Waals surface area contributed by atoms with E-state index in [9.17, 15) is 9.59 Å². The second-order valence-corrected chi connectivity index (χ2v) is 4.63. The quantitative estimate of drug-likeness (QED) is 0.724. The Morgan fingerprint density at radius 1 is 1.53 bits per heavy atom. The first-order valence-corrected chi connectivity index (χ1v) is 6.09. The van der Waals surface area contributed by atoms with Gasteiger partial charge in [0.1, 0.15) is 5.54 Å². The second-order valence-electron chi connectivity index (χ2n) is 4.63. The number of aromatic nitrogens is 1. The zero-order chi connectivity index (χ0) is 14.5.